The Morgan fingerprint density at radius 2 is 2.16 bits per heavy atom. The zero-order valence-electron chi connectivity index (χ0n) is 10.2. The number of nitrogens with one attached hydrogen (secondary N) is 2. The highest BCUT2D eigenvalue weighted by Gasteiger charge is 2.04. The van der Waals surface area contributed by atoms with E-state index in [1.807, 2.05) is 30.6 Å². The van der Waals surface area contributed by atoms with Gasteiger partial charge in [0.05, 0.1) is 6.33 Å². The molecule has 0 radical (unpaired) electrons. The van der Waals surface area contributed by atoms with E-state index in [-0.39, 0.29) is 0 Å². The number of imidazole rings is 1. The van der Waals surface area contributed by atoms with E-state index in [4.69, 9.17) is 0 Å². The van der Waals surface area contributed by atoms with Crippen molar-refractivity contribution in [2.45, 2.75) is 6.42 Å². The second kappa shape index (κ2) is 5.40. The molecule has 0 fully saturated rings. The summed E-state index contributed by atoms with van der Waals surface area (Å²) in [4.78, 5) is 11.5. The Bertz CT molecular complexity index is 679. The molecule has 0 saturated heterocycles. The Balaban J connectivity index is 1.79. The van der Waals surface area contributed by atoms with E-state index >= 15 is 0 Å². The summed E-state index contributed by atoms with van der Waals surface area (Å²) in [5.41, 5.74) is 1.12. The third-order valence-electron chi connectivity index (χ3n) is 2.99. The van der Waals surface area contributed by atoms with Gasteiger partial charge in [-0.2, -0.15) is 0 Å². The zero-order valence-corrected chi connectivity index (χ0v) is 11.8. The summed E-state index contributed by atoms with van der Waals surface area (Å²) in [6, 6.07) is 8.15. The van der Waals surface area contributed by atoms with Gasteiger partial charge in [0, 0.05) is 46.3 Å². The first-order chi connectivity index (χ1) is 9.34. The van der Waals surface area contributed by atoms with Gasteiger partial charge in [0.1, 0.15) is 5.82 Å². The number of pyridine rings is 1. The van der Waals surface area contributed by atoms with Gasteiger partial charge in [-0.1, -0.05) is 28.1 Å². The van der Waals surface area contributed by atoms with E-state index in [9.17, 15) is 0 Å². The summed E-state index contributed by atoms with van der Waals surface area (Å²) in [7, 11) is 0. The van der Waals surface area contributed by atoms with E-state index in [0.29, 0.717) is 0 Å². The first-order valence-corrected chi connectivity index (χ1v) is 6.88. The number of halogens is 1. The Hall–Kier alpha value is -1.88. The minimum Gasteiger partial charge on any atom is -0.369 e. The lowest BCUT2D eigenvalue weighted by atomic mass is 10.1. The van der Waals surface area contributed by atoms with Crippen LogP contribution in [0, 0.1) is 0 Å². The lowest BCUT2D eigenvalue weighted by Gasteiger charge is -2.08. The monoisotopic (exact) mass is 316 g/mol. The van der Waals surface area contributed by atoms with Gasteiger partial charge in [0.2, 0.25) is 0 Å². The third kappa shape index (κ3) is 2.61. The highest BCUT2D eigenvalue weighted by Crippen LogP contribution is 2.27. The van der Waals surface area contributed by atoms with Gasteiger partial charge in [-0.3, -0.25) is 0 Å². The zero-order chi connectivity index (χ0) is 13.1. The number of benzene rings is 1. The van der Waals surface area contributed by atoms with Crippen LogP contribution < -0.4 is 5.32 Å². The lowest BCUT2D eigenvalue weighted by molar-refractivity contribution is 0.970. The van der Waals surface area contributed by atoms with Crippen molar-refractivity contribution in [3.05, 3.63) is 53.2 Å². The summed E-state index contributed by atoms with van der Waals surface area (Å²) < 4.78 is 1.09. The summed E-state index contributed by atoms with van der Waals surface area (Å²) >= 11 is 3.56. The molecule has 3 aromatic rings. The Kier molecular flexibility index (Phi) is 3.46. The van der Waals surface area contributed by atoms with Crippen molar-refractivity contribution in [2.75, 3.05) is 11.9 Å². The Morgan fingerprint density at radius 3 is 3.00 bits per heavy atom. The van der Waals surface area contributed by atoms with Crippen LogP contribution in [0.15, 0.2) is 47.5 Å². The Labute approximate surface area is 119 Å². The van der Waals surface area contributed by atoms with Gasteiger partial charge in [-0.15, -0.1) is 0 Å². The molecule has 0 bridgehead atoms. The number of anilines is 1. The van der Waals surface area contributed by atoms with Crippen molar-refractivity contribution in [3.8, 4) is 0 Å². The molecule has 2 N–H and O–H groups in total. The molecule has 0 amide bonds. The fourth-order valence-corrected chi connectivity index (χ4v) is 2.55. The molecule has 96 valence electrons. The number of aromatic nitrogens is 3. The molecule has 2 aromatic heterocycles. The van der Waals surface area contributed by atoms with Crippen LogP contribution in [0.5, 0.6) is 0 Å². The second-order valence-electron chi connectivity index (χ2n) is 4.25. The van der Waals surface area contributed by atoms with E-state index in [0.717, 1.165) is 34.3 Å². The topological polar surface area (TPSA) is 53.6 Å². The SMILES string of the molecule is Brc1cccc2c(NCCc3cnc[nH]3)nccc12. The predicted molar refractivity (Wildman–Crippen MR) is 80.2 cm³/mol. The lowest BCUT2D eigenvalue weighted by Crippen LogP contribution is -2.06. The maximum atomic E-state index is 4.41. The highest BCUT2D eigenvalue weighted by atomic mass is 79.9. The number of hydrogen-bond acceptors (Lipinski definition) is 3. The molecule has 0 spiro atoms. The van der Waals surface area contributed by atoms with Gasteiger partial charge >= 0.3 is 0 Å². The molecular formula is C14H13BrN4. The van der Waals surface area contributed by atoms with Crippen LogP contribution in [0.4, 0.5) is 5.82 Å². The van der Waals surface area contributed by atoms with E-state index < -0.39 is 0 Å². The summed E-state index contributed by atoms with van der Waals surface area (Å²) in [5, 5.41) is 5.67. The quantitative estimate of drug-likeness (QED) is 0.776. The molecule has 0 aliphatic rings. The van der Waals surface area contributed by atoms with E-state index in [2.05, 4.69) is 42.3 Å². The number of fused-ring (bicyclic) bond motifs is 1. The maximum Gasteiger partial charge on any atom is 0.133 e. The summed E-state index contributed by atoms with van der Waals surface area (Å²) in [6.07, 6.45) is 6.26. The van der Waals surface area contributed by atoms with Crippen LogP contribution in [0.2, 0.25) is 0 Å². The number of aromatic amines is 1. The van der Waals surface area contributed by atoms with Crippen LogP contribution in [0.1, 0.15) is 5.69 Å². The standard InChI is InChI=1S/C14H13BrN4/c15-13-3-1-2-12-11(13)5-7-18-14(12)17-6-4-10-8-16-9-19-10/h1-3,5,7-9H,4,6H2,(H,16,19)(H,17,18). The van der Waals surface area contributed by atoms with Gasteiger partial charge in [0.25, 0.3) is 0 Å². The largest absolute Gasteiger partial charge is 0.369 e. The van der Waals surface area contributed by atoms with Crippen molar-refractivity contribution < 1.29 is 0 Å². The van der Waals surface area contributed by atoms with Gasteiger partial charge in [-0.05, 0) is 12.1 Å². The fourth-order valence-electron chi connectivity index (χ4n) is 2.05. The molecule has 1 aromatic carbocycles. The second-order valence-corrected chi connectivity index (χ2v) is 5.10. The minimum atomic E-state index is 0.820. The minimum absolute atomic E-state index is 0.820. The van der Waals surface area contributed by atoms with Gasteiger partial charge in [0.15, 0.2) is 0 Å². The van der Waals surface area contributed by atoms with Crippen molar-refractivity contribution in [1.82, 2.24) is 15.0 Å². The van der Waals surface area contributed by atoms with Gasteiger partial charge < -0.3 is 10.3 Å². The molecule has 3 rings (SSSR count). The molecule has 4 nitrogen and oxygen atoms in total. The van der Waals surface area contributed by atoms with Crippen molar-refractivity contribution in [1.29, 1.82) is 0 Å². The molecule has 0 unspecified atom stereocenters. The first kappa shape index (κ1) is 12.2. The third-order valence-corrected chi connectivity index (χ3v) is 3.69. The molecular weight excluding hydrogens is 304 g/mol. The van der Waals surface area contributed by atoms with Crippen LogP contribution >= 0.6 is 15.9 Å². The number of nitrogens with zero attached hydrogens (tertiary/aromatic N) is 2. The molecule has 0 saturated carbocycles. The van der Waals surface area contributed by atoms with Crippen molar-refractivity contribution in [3.63, 3.8) is 0 Å². The van der Waals surface area contributed by atoms with Crippen molar-refractivity contribution in [2.24, 2.45) is 0 Å². The van der Waals surface area contributed by atoms with Gasteiger partial charge in [-0.25, -0.2) is 9.97 Å². The predicted octanol–water partition coefficient (Wildman–Crippen LogP) is 3.38. The van der Waals surface area contributed by atoms with Crippen LogP contribution in [-0.4, -0.2) is 21.5 Å². The number of H-pyrrole nitrogens is 1. The maximum absolute atomic E-state index is 4.41. The first-order valence-electron chi connectivity index (χ1n) is 6.09. The van der Waals surface area contributed by atoms with E-state index in [1.54, 1.807) is 6.33 Å². The molecule has 19 heavy (non-hydrogen) atoms. The van der Waals surface area contributed by atoms with Crippen molar-refractivity contribution >= 4 is 32.5 Å². The number of rotatable bonds is 4. The average Bonchev–Trinajstić information content (AvgIpc) is 2.93. The molecule has 0 aliphatic heterocycles. The number of hydrogen-bond donors (Lipinski definition) is 2. The molecule has 2 heterocycles. The smallest absolute Gasteiger partial charge is 0.133 e. The highest BCUT2D eigenvalue weighted by molar-refractivity contribution is 9.10. The van der Waals surface area contributed by atoms with Crippen LogP contribution in [-0.2, 0) is 6.42 Å². The normalized spacial score (nSPS) is 10.8. The van der Waals surface area contributed by atoms with Crippen LogP contribution in [0.3, 0.4) is 0 Å². The van der Waals surface area contributed by atoms with E-state index in [1.165, 1.54) is 5.39 Å². The molecule has 5 heteroatoms. The molecule has 0 atom stereocenters. The average molecular weight is 317 g/mol. The Morgan fingerprint density at radius 1 is 1.21 bits per heavy atom. The fraction of sp³-hybridized carbons (Fsp3) is 0.143. The van der Waals surface area contributed by atoms with Crippen LogP contribution in [0.25, 0.3) is 10.8 Å². The summed E-state index contributed by atoms with van der Waals surface area (Å²) in [6.45, 7) is 0.820. The molecule has 0 aliphatic carbocycles. The summed E-state index contributed by atoms with van der Waals surface area (Å²) in [5.74, 6) is 0.915.